The Morgan fingerprint density at radius 2 is 1.89 bits per heavy atom. The summed E-state index contributed by atoms with van der Waals surface area (Å²) in [7, 11) is 1.68. The smallest absolute Gasteiger partial charge is 0.124 e. The van der Waals surface area contributed by atoms with Gasteiger partial charge in [-0.25, -0.2) is 0 Å². The molecule has 2 rings (SSSR count). The minimum atomic E-state index is -0.150. The van der Waals surface area contributed by atoms with Gasteiger partial charge in [0, 0.05) is 10.0 Å². The molecule has 0 aliphatic rings. The highest BCUT2D eigenvalue weighted by Crippen LogP contribution is 2.34. The first-order valence-electron chi connectivity index (χ1n) is 5.67. The van der Waals surface area contributed by atoms with Crippen LogP contribution in [0.2, 0.25) is 0 Å². The zero-order chi connectivity index (χ0) is 13.3. The predicted octanol–water partition coefficient (Wildman–Crippen LogP) is 4.18. The van der Waals surface area contributed by atoms with Gasteiger partial charge >= 0.3 is 0 Å². The average Bonchev–Trinajstić information content (AvgIpc) is 2.77. The number of rotatable bonds is 3. The van der Waals surface area contributed by atoms with Crippen LogP contribution in [0.25, 0.3) is 0 Å². The van der Waals surface area contributed by atoms with Crippen molar-refractivity contribution >= 4 is 27.3 Å². The molecule has 0 aliphatic heterocycles. The molecule has 2 N–H and O–H groups in total. The lowest BCUT2D eigenvalue weighted by Crippen LogP contribution is -2.13. The average molecular weight is 326 g/mol. The molecule has 0 saturated carbocycles. The van der Waals surface area contributed by atoms with Crippen LogP contribution in [-0.2, 0) is 0 Å². The fourth-order valence-corrected chi connectivity index (χ4v) is 3.20. The molecule has 1 aromatic heterocycles. The molecule has 0 aliphatic carbocycles. The second-order valence-electron chi connectivity index (χ2n) is 4.33. The van der Waals surface area contributed by atoms with Crippen molar-refractivity contribution in [3.05, 3.63) is 49.6 Å². The van der Waals surface area contributed by atoms with Gasteiger partial charge in [0.15, 0.2) is 0 Å². The summed E-state index contributed by atoms with van der Waals surface area (Å²) in [5, 5.41) is 4.22. The van der Waals surface area contributed by atoms with Gasteiger partial charge in [-0.1, -0.05) is 15.9 Å². The van der Waals surface area contributed by atoms with Crippen LogP contribution >= 0.6 is 27.3 Å². The Hall–Kier alpha value is -0.840. The zero-order valence-electron chi connectivity index (χ0n) is 10.7. The van der Waals surface area contributed by atoms with Crippen molar-refractivity contribution in [2.75, 3.05) is 7.11 Å². The third-order valence-electron chi connectivity index (χ3n) is 3.08. The molecule has 1 unspecified atom stereocenters. The van der Waals surface area contributed by atoms with Crippen LogP contribution in [-0.4, -0.2) is 7.11 Å². The first-order valence-corrected chi connectivity index (χ1v) is 7.40. The van der Waals surface area contributed by atoms with E-state index in [0.29, 0.717) is 0 Å². The van der Waals surface area contributed by atoms with Crippen molar-refractivity contribution in [1.29, 1.82) is 0 Å². The Labute approximate surface area is 120 Å². The lowest BCUT2D eigenvalue weighted by Gasteiger charge is -2.17. The Balaban J connectivity index is 2.50. The summed E-state index contributed by atoms with van der Waals surface area (Å²) < 4.78 is 6.50. The minimum Gasteiger partial charge on any atom is -0.496 e. The van der Waals surface area contributed by atoms with Gasteiger partial charge in [-0.05, 0) is 53.4 Å². The van der Waals surface area contributed by atoms with Gasteiger partial charge < -0.3 is 10.5 Å². The van der Waals surface area contributed by atoms with Crippen LogP contribution in [0.15, 0.2) is 27.4 Å². The van der Waals surface area contributed by atoms with Gasteiger partial charge in [0.2, 0.25) is 0 Å². The molecule has 2 aromatic rings. The molecule has 1 aromatic carbocycles. The number of hydrogen-bond acceptors (Lipinski definition) is 3. The van der Waals surface area contributed by atoms with Crippen molar-refractivity contribution in [2.24, 2.45) is 5.73 Å². The molecule has 0 bridgehead atoms. The molecule has 1 atom stereocenters. The van der Waals surface area contributed by atoms with E-state index in [-0.39, 0.29) is 6.04 Å². The SMILES string of the molecule is COc1cc(C)c(Br)cc1C(N)c1cscc1C. The molecule has 0 saturated heterocycles. The number of thiophene rings is 1. The van der Waals surface area contributed by atoms with Gasteiger partial charge in [0.05, 0.1) is 13.2 Å². The van der Waals surface area contributed by atoms with Crippen molar-refractivity contribution in [1.82, 2.24) is 0 Å². The minimum absolute atomic E-state index is 0.150. The molecule has 96 valence electrons. The molecule has 0 fully saturated rings. The maximum absolute atomic E-state index is 6.36. The normalized spacial score (nSPS) is 12.5. The number of halogens is 1. The topological polar surface area (TPSA) is 35.2 Å². The number of nitrogens with two attached hydrogens (primary N) is 1. The van der Waals surface area contributed by atoms with Crippen LogP contribution in [0.4, 0.5) is 0 Å². The van der Waals surface area contributed by atoms with Crippen molar-refractivity contribution in [2.45, 2.75) is 19.9 Å². The number of ether oxygens (including phenoxy) is 1. The van der Waals surface area contributed by atoms with E-state index in [9.17, 15) is 0 Å². The molecule has 0 spiro atoms. The second-order valence-corrected chi connectivity index (χ2v) is 5.93. The monoisotopic (exact) mass is 325 g/mol. The van der Waals surface area contributed by atoms with E-state index in [1.807, 2.05) is 13.0 Å². The van der Waals surface area contributed by atoms with Crippen LogP contribution < -0.4 is 10.5 Å². The third kappa shape index (κ3) is 2.46. The van der Waals surface area contributed by atoms with Gasteiger partial charge in [-0.3, -0.25) is 0 Å². The van der Waals surface area contributed by atoms with Gasteiger partial charge in [-0.2, -0.15) is 11.3 Å². The fraction of sp³-hybridized carbons (Fsp3) is 0.286. The van der Waals surface area contributed by atoms with E-state index in [1.165, 1.54) is 5.56 Å². The summed E-state index contributed by atoms with van der Waals surface area (Å²) in [4.78, 5) is 0. The molecule has 0 amide bonds. The first-order chi connectivity index (χ1) is 8.54. The zero-order valence-corrected chi connectivity index (χ0v) is 13.1. The number of hydrogen-bond donors (Lipinski definition) is 1. The highest BCUT2D eigenvalue weighted by molar-refractivity contribution is 9.10. The van der Waals surface area contributed by atoms with E-state index in [1.54, 1.807) is 18.4 Å². The van der Waals surface area contributed by atoms with Crippen molar-refractivity contribution < 1.29 is 4.74 Å². The number of methoxy groups -OCH3 is 1. The van der Waals surface area contributed by atoms with Crippen LogP contribution in [0.1, 0.15) is 28.3 Å². The van der Waals surface area contributed by atoms with E-state index in [0.717, 1.165) is 26.9 Å². The lowest BCUT2D eigenvalue weighted by molar-refractivity contribution is 0.407. The number of aryl methyl sites for hydroxylation is 2. The van der Waals surface area contributed by atoms with Crippen LogP contribution in [0, 0.1) is 13.8 Å². The van der Waals surface area contributed by atoms with Crippen LogP contribution in [0.5, 0.6) is 5.75 Å². The summed E-state index contributed by atoms with van der Waals surface area (Å²) in [6, 6.07) is 3.92. The summed E-state index contributed by atoms with van der Waals surface area (Å²) in [6.45, 7) is 4.12. The molecule has 18 heavy (non-hydrogen) atoms. The summed E-state index contributed by atoms with van der Waals surface area (Å²) in [5.74, 6) is 0.841. The molecule has 2 nitrogen and oxygen atoms in total. The Morgan fingerprint density at radius 3 is 2.44 bits per heavy atom. The molecular weight excluding hydrogens is 310 g/mol. The Bertz CT molecular complexity index is 565. The largest absolute Gasteiger partial charge is 0.496 e. The number of benzene rings is 1. The van der Waals surface area contributed by atoms with Crippen LogP contribution in [0.3, 0.4) is 0 Å². The fourth-order valence-electron chi connectivity index (χ4n) is 1.95. The van der Waals surface area contributed by atoms with Gasteiger partial charge in [0.25, 0.3) is 0 Å². The molecule has 0 radical (unpaired) electrons. The molecule has 1 heterocycles. The standard InChI is InChI=1S/C14H16BrNOS/c1-8-4-13(17-3)10(5-12(8)15)14(16)11-7-18-6-9(11)2/h4-7,14H,16H2,1-3H3. The lowest BCUT2D eigenvalue weighted by atomic mass is 9.97. The maximum Gasteiger partial charge on any atom is 0.124 e. The predicted molar refractivity (Wildman–Crippen MR) is 80.5 cm³/mol. The highest BCUT2D eigenvalue weighted by atomic mass is 79.9. The summed E-state index contributed by atoms with van der Waals surface area (Å²) >= 11 is 5.23. The van der Waals surface area contributed by atoms with Gasteiger partial charge in [-0.15, -0.1) is 0 Å². The van der Waals surface area contributed by atoms with Gasteiger partial charge in [0.1, 0.15) is 5.75 Å². The van der Waals surface area contributed by atoms with Crippen molar-refractivity contribution in [3.8, 4) is 5.75 Å². The Morgan fingerprint density at radius 1 is 1.17 bits per heavy atom. The van der Waals surface area contributed by atoms with E-state index >= 15 is 0 Å². The Kier molecular flexibility index (Phi) is 4.10. The summed E-state index contributed by atoms with van der Waals surface area (Å²) in [6.07, 6.45) is 0. The molecule has 4 heteroatoms. The summed E-state index contributed by atoms with van der Waals surface area (Å²) in [5.41, 5.74) is 10.9. The third-order valence-corrected chi connectivity index (χ3v) is 4.81. The van der Waals surface area contributed by atoms with E-state index in [4.69, 9.17) is 10.5 Å². The highest BCUT2D eigenvalue weighted by Gasteiger charge is 2.17. The van der Waals surface area contributed by atoms with E-state index in [2.05, 4.69) is 39.7 Å². The maximum atomic E-state index is 6.36. The second kappa shape index (κ2) is 5.43. The quantitative estimate of drug-likeness (QED) is 0.918. The van der Waals surface area contributed by atoms with E-state index < -0.39 is 0 Å². The first kappa shape index (κ1) is 13.6. The van der Waals surface area contributed by atoms with Crippen molar-refractivity contribution in [3.63, 3.8) is 0 Å². The molecular formula is C14H16BrNOS.